The Bertz CT molecular complexity index is 494. The predicted molar refractivity (Wildman–Crippen MR) is 76.9 cm³/mol. The average molecular weight is 325 g/mol. The Morgan fingerprint density at radius 2 is 2.00 bits per heavy atom. The first-order valence-corrected chi connectivity index (χ1v) is 7.58. The second kappa shape index (κ2) is 5.21. The number of nitro benzene ring substituents is 1. The van der Waals surface area contributed by atoms with Gasteiger partial charge in [-0.1, -0.05) is 18.6 Å². The molecule has 0 aromatic heterocycles. The monoisotopic (exact) mass is 324 g/mol. The summed E-state index contributed by atoms with van der Waals surface area (Å²) in [4.78, 5) is 13.0. The van der Waals surface area contributed by atoms with Crippen LogP contribution in [0.4, 0.5) is 5.69 Å². The summed E-state index contributed by atoms with van der Waals surface area (Å²) in [6, 6.07) is 5.30. The number of hydrogen-bond acceptors (Lipinski definition) is 3. The summed E-state index contributed by atoms with van der Waals surface area (Å²) in [6.07, 6.45) is 4.10. The van der Waals surface area contributed by atoms with Gasteiger partial charge in [-0.2, -0.15) is 0 Å². The highest BCUT2D eigenvalue weighted by atomic mass is 79.9. The molecular formula is C14H17BrN2O2. The van der Waals surface area contributed by atoms with Gasteiger partial charge in [0.05, 0.1) is 9.40 Å². The molecule has 0 N–H and O–H groups in total. The summed E-state index contributed by atoms with van der Waals surface area (Å²) in [6.45, 7) is 3.12. The molecule has 3 rings (SSSR count). The zero-order chi connectivity index (χ0) is 13.4. The van der Waals surface area contributed by atoms with E-state index >= 15 is 0 Å². The smallest absolute Gasteiger partial charge is 0.283 e. The molecule has 2 unspecified atom stereocenters. The number of rotatable bonds is 3. The third-order valence-corrected chi connectivity index (χ3v) is 5.37. The van der Waals surface area contributed by atoms with Crippen LogP contribution in [0.2, 0.25) is 0 Å². The van der Waals surface area contributed by atoms with Crippen LogP contribution >= 0.6 is 15.9 Å². The van der Waals surface area contributed by atoms with Crippen LogP contribution in [0, 0.1) is 22.0 Å². The minimum absolute atomic E-state index is 0.164. The second-order valence-electron chi connectivity index (χ2n) is 5.65. The number of hydrogen-bond donors (Lipinski definition) is 0. The molecular weight excluding hydrogens is 308 g/mol. The average Bonchev–Trinajstić information content (AvgIpc) is 2.92. The number of nitro groups is 1. The number of benzene rings is 1. The minimum atomic E-state index is -0.327. The lowest BCUT2D eigenvalue weighted by atomic mass is 10.0. The Balaban J connectivity index is 1.74. The highest BCUT2D eigenvalue weighted by Crippen LogP contribution is 2.39. The summed E-state index contributed by atoms with van der Waals surface area (Å²) in [5.74, 6) is 1.72. The molecule has 0 amide bonds. The molecule has 5 heteroatoms. The van der Waals surface area contributed by atoms with Crippen molar-refractivity contribution in [2.75, 3.05) is 13.1 Å². The highest BCUT2D eigenvalue weighted by Gasteiger charge is 2.36. The Morgan fingerprint density at radius 3 is 2.63 bits per heavy atom. The standard InChI is InChI=1S/C14H17BrN2O2/c15-14-12(5-2-6-13(14)17(18)19)9-16-7-10-3-1-4-11(10)8-16/h2,5-6,10-11H,1,3-4,7-9H2. The van der Waals surface area contributed by atoms with Gasteiger partial charge >= 0.3 is 0 Å². The number of fused-ring (bicyclic) bond motifs is 1. The van der Waals surface area contributed by atoms with E-state index in [4.69, 9.17) is 0 Å². The molecule has 1 heterocycles. The fourth-order valence-corrected chi connectivity index (χ4v) is 4.07. The minimum Gasteiger partial charge on any atom is -0.298 e. The maximum absolute atomic E-state index is 10.9. The second-order valence-corrected chi connectivity index (χ2v) is 6.45. The Hall–Kier alpha value is -0.940. The first-order chi connectivity index (χ1) is 9.15. The Labute approximate surface area is 121 Å². The molecule has 0 radical (unpaired) electrons. The lowest BCUT2D eigenvalue weighted by Gasteiger charge is -2.17. The lowest BCUT2D eigenvalue weighted by Crippen LogP contribution is -2.21. The molecule has 1 aliphatic carbocycles. The van der Waals surface area contributed by atoms with Crippen LogP contribution in [0.5, 0.6) is 0 Å². The summed E-state index contributed by atoms with van der Waals surface area (Å²) in [7, 11) is 0. The molecule has 1 saturated heterocycles. The van der Waals surface area contributed by atoms with E-state index in [1.807, 2.05) is 6.07 Å². The molecule has 1 saturated carbocycles. The zero-order valence-electron chi connectivity index (χ0n) is 10.7. The summed E-state index contributed by atoms with van der Waals surface area (Å²) >= 11 is 3.38. The lowest BCUT2D eigenvalue weighted by molar-refractivity contribution is -0.385. The normalized spacial score (nSPS) is 26.6. The Morgan fingerprint density at radius 1 is 1.32 bits per heavy atom. The van der Waals surface area contributed by atoms with Crippen molar-refractivity contribution in [3.8, 4) is 0 Å². The van der Waals surface area contributed by atoms with Crippen LogP contribution in [-0.2, 0) is 6.54 Å². The SMILES string of the molecule is O=[N+]([O-])c1cccc(CN2CC3CCCC3C2)c1Br. The van der Waals surface area contributed by atoms with E-state index in [1.165, 1.54) is 19.3 Å². The van der Waals surface area contributed by atoms with E-state index < -0.39 is 0 Å². The van der Waals surface area contributed by atoms with Gasteiger partial charge in [-0.3, -0.25) is 15.0 Å². The van der Waals surface area contributed by atoms with Gasteiger partial charge in [0.15, 0.2) is 0 Å². The molecule has 1 aromatic rings. The van der Waals surface area contributed by atoms with E-state index in [-0.39, 0.29) is 10.6 Å². The number of likely N-dealkylation sites (tertiary alicyclic amines) is 1. The summed E-state index contributed by atoms with van der Waals surface area (Å²) in [5.41, 5.74) is 1.19. The quantitative estimate of drug-likeness (QED) is 0.630. The molecule has 1 aliphatic heterocycles. The van der Waals surface area contributed by atoms with Gasteiger partial charge in [0.2, 0.25) is 0 Å². The predicted octanol–water partition coefficient (Wildman–Crippen LogP) is 3.59. The summed E-state index contributed by atoms with van der Waals surface area (Å²) in [5, 5.41) is 10.9. The third-order valence-electron chi connectivity index (χ3n) is 4.45. The van der Waals surface area contributed by atoms with Crippen LogP contribution < -0.4 is 0 Å². The van der Waals surface area contributed by atoms with Crippen molar-refractivity contribution < 1.29 is 4.92 Å². The largest absolute Gasteiger partial charge is 0.298 e. The van der Waals surface area contributed by atoms with E-state index in [1.54, 1.807) is 12.1 Å². The van der Waals surface area contributed by atoms with Gasteiger partial charge in [-0.15, -0.1) is 0 Å². The van der Waals surface area contributed by atoms with E-state index in [9.17, 15) is 10.1 Å². The van der Waals surface area contributed by atoms with Crippen molar-refractivity contribution >= 4 is 21.6 Å². The van der Waals surface area contributed by atoms with Gasteiger partial charge in [0.25, 0.3) is 5.69 Å². The first kappa shape index (κ1) is 13.1. The van der Waals surface area contributed by atoms with Crippen molar-refractivity contribution in [2.24, 2.45) is 11.8 Å². The molecule has 1 aromatic carbocycles. The molecule has 102 valence electrons. The maximum Gasteiger partial charge on any atom is 0.283 e. The fourth-order valence-electron chi connectivity index (χ4n) is 3.53. The Kier molecular flexibility index (Phi) is 3.58. The van der Waals surface area contributed by atoms with E-state index in [0.717, 1.165) is 37.0 Å². The van der Waals surface area contributed by atoms with Gasteiger partial charge in [-0.05, 0) is 46.2 Å². The molecule has 2 aliphatic rings. The fraction of sp³-hybridized carbons (Fsp3) is 0.571. The molecule has 0 bridgehead atoms. The van der Waals surface area contributed by atoms with Gasteiger partial charge in [-0.25, -0.2) is 0 Å². The topological polar surface area (TPSA) is 46.4 Å². The van der Waals surface area contributed by atoms with Crippen molar-refractivity contribution in [1.29, 1.82) is 0 Å². The van der Waals surface area contributed by atoms with Crippen LogP contribution in [0.25, 0.3) is 0 Å². The molecule has 2 fully saturated rings. The zero-order valence-corrected chi connectivity index (χ0v) is 12.3. The molecule has 2 atom stereocenters. The first-order valence-electron chi connectivity index (χ1n) is 6.79. The third kappa shape index (κ3) is 2.54. The number of nitrogens with zero attached hydrogens (tertiary/aromatic N) is 2. The van der Waals surface area contributed by atoms with Crippen LogP contribution in [0.1, 0.15) is 24.8 Å². The van der Waals surface area contributed by atoms with Gasteiger partial charge in [0.1, 0.15) is 0 Å². The van der Waals surface area contributed by atoms with Crippen LogP contribution in [0.15, 0.2) is 22.7 Å². The van der Waals surface area contributed by atoms with Gasteiger partial charge < -0.3 is 0 Å². The number of halogens is 1. The highest BCUT2D eigenvalue weighted by molar-refractivity contribution is 9.10. The van der Waals surface area contributed by atoms with E-state index in [0.29, 0.717) is 4.47 Å². The maximum atomic E-state index is 10.9. The summed E-state index contributed by atoms with van der Waals surface area (Å²) < 4.78 is 0.636. The molecule has 19 heavy (non-hydrogen) atoms. The van der Waals surface area contributed by atoms with Crippen molar-refractivity contribution in [2.45, 2.75) is 25.8 Å². The molecule has 4 nitrogen and oxygen atoms in total. The molecule has 0 spiro atoms. The van der Waals surface area contributed by atoms with Gasteiger partial charge in [0, 0.05) is 25.7 Å². The van der Waals surface area contributed by atoms with Crippen LogP contribution in [0.3, 0.4) is 0 Å². The van der Waals surface area contributed by atoms with E-state index in [2.05, 4.69) is 20.8 Å². The van der Waals surface area contributed by atoms with Crippen molar-refractivity contribution in [3.63, 3.8) is 0 Å². The van der Waals surface area contributed by atoms with Crippen LogP contribution in [-0.4, -0.2) is 22.9 Å². The van der Waals surface area contributed by atoms with Crippen molar-refractivity contribution in [1.82, 2.24) is 4.90 Å². The van der Waals surface area contributed by atoms with Crippen molar-refractivity contribution in [3.05, 3.63) is 38.3 Å².